The molecule has 2 aromatic heterocycles. The monoisotopic (exact) mass is 515 g/mol. The fourth-order valence-electron chi connectivity index (χ4n) is 4.31. The molecule has 3 aromatic rings. The van der Waals surface area contributed by atoms with Crippen LogP contribution in [0.15, 0.2) is 33.7 Å². The number of hydrogen-bond acceptors (Lipinski definition) is 5. The van der Waals surface area contributed by atoms with Crippen LogP contribution in [0.3, 0.4) is 0 Å². The molecule has 9 heteroatoms. The number of benzene rings is 1. The van der Waals surface area contributed by atoms with E-state index in [0.29, 0.717) is 24.2 Å². The number of carbonyl (C=O) groups excluding carboxylic acids is 1. The van der Waals surface area contributed by atoms with Gasteiger partial charge in [-0.05, 0) is 37.6 Å². The Bertz CT molecular complexity index is 1270. The highest BCUT2D eigenvalue weighted by molar-refractivity contribution is 9.10. The standard InChI is InChI=1S/C24H30BrN5O3/c1-13-6-14(2)28-22(32)18(13)9-26-21(31)17-7-15(25)8-20-19(17)10-27-30(20)16-11-29(12-16)23(33)24(3,4)5/h6-8,10,16,21,26,31H,9,11-12H2,1-5H3,(H,28,32). The lowest BCUT2D eigenvalue weighted by atomic mass is 9.92. The van der Waals surface area contributed by atoms with Gasteiger partial charge in [0.05, 0.1) is 17.8 Å². The highest BCUT2D eigenvalue weighted by Gasteiger charge is 2.38. The Labute approximate surface area is 201 Å². The van der Waals surface area contributed by atoms with E-state index in [1.807, 2.05) is 62.4 Å². The Morgan fingerprint density at radius 3 is 2.64 bits per heavy atom. The molecule has 0 bridgehead atoms. The maximum atomic E-state index is 12.5. The summed E-state index contributed by atoms with van der Waals surface area (Å²) in [6.45, 7) is 11.0. The number of nitrogens with zero attached hydrogens (tertiary/aromatic N) is 3. The second-order valence-electron chi connectivity index (χ2n) is 9.86. The SMILES string of the molecule is Cc1cc(C)c(CNC(O)c2cc(Br)cc3c2cnn3C2CN(C(=O)C(C)(C)C)C2)c(=O)[nH]1. The van der Waals surface area contributed by atoms with E-state index in [0.717, 1.165) is 26.6 Å². The van der Waals surface area contributed by atoms with Gasteiger partial charge in [0, 0.05) is 51.7 Å². The maximum absolute atomic E-state index is 12.5. The number of fused-ring (bicyclic) bond motifs is 1. The van der Waals surface area contributed by atoms with Crippen LogP contribution in [0.4, 0.5) is 0 Å². The average Bonchev–Trinajstić information content (AvgIpc) is 3.07. The van der Waals surface area contributed by atoms with Gasteiger partial charge in [0.15, 0.2) is 0 Å². The molecule has 176 valence electrons. The Morgan fingerprint density at radius 2 is 2.00 bits per heavy atom. The van der Waals surface area contributed by atoms with E-state index in [1.165, 1.54) is 0 Å². The van der Waals surface area contributed by atoms with E-state index < -0.39 is 11.6 Å². The molecule has 0 aliphatic carbocycles. The van der Waals surface area contributed by atoms with Crippen LogP contribution in [0.2, 0.25) is 0 Å². The van der Waals surface area contributed by atoms with Gasteiger partial charge < -0.3 is 15.0 Å². The molecule has 1 amide bonds. The number of aliphatic hydroxyl groups excluding tert-OH is 1. The van der Waals surface area contributed by atoms with Gasteiger partial charge in [0.25, 0.3) is 5.56 Å². The van der Waals surface area contributed by atoms with E-state index in [1.54, 1.807) is 6.20 Å². The molecule has 3 N–H and O–H groups in total. The largest absolute Gasteiger partial charge is 0.374 e. The van der Waals surface area contributed by atoms with Crippen molar-refractivity contribution in [2.24, 2.45) is 5.41 Å². The third kappa shape index (κ3) is 4.62. The lowest BCUT2D eigenvalue weighted by Gasteiger charge is -2.42. The van der Waals surface area contributed by atoms with Crippen LogP contribution >= 0.6 is 15.9 Å². The van der Waals surface area contributed by atoms with Gasteiger partial charge in [0.1, 0.15) is 6.23 Å². The van der Waals surface area contributed by atoms with E-state index >= 15 is 0 Å². The number of halogens is 1. The summed E-state index contributed by atoms with van der Waals surface area (Å²) in [5.74, 6) is 0.137. The average molecular weight is 516 g/mol. The van der Waals surface area contributed by atoms with Crippen molar-refractivity contribution in [1.82, 2.24) is 25.0 Å². The van der Waals surface area contributed by atoms with Crippen LogP contribution in [0.25, 0.3) is 10.9 Å². The molecule has 1 fully saturated rings. The Kier molecular flexibility index (Phi) is 6.24. The molecule has 8 nitrogen and oxygen atoms in total. The van der Waals surface area contributed by atoms with Gasteiger partial charge >= 0.3 is 0 Å². The second-order valence-corrected chi connectivity index (χ2v) is 10.8. The van der Waals surface area contributed by atoms with Crippen LogP contribution in [0, 0.1) is 19.3 Å². The molecule has 33 heavy (non-hydrogen) atoms. The summed E-state index contributed by atoms with van der Waals surface area (Å²) in [7, 11) is 0. The minimum atomic E-state index is -0.983. The third-order valence-electron chi connectivity index (χ3n) is 6.11. The van der Waals surface area contributed by atoms with Crippen LogP contribution in [-0.2, 0) is 11.3 Å². The number of likely N-dealkylation sites (tertiary alicyclic amines) is 1. The van der Waals surface area contributed by atoms with E-state index in [4.69, 9.17) is 0 Å². The van der Waals surface area contributed by atoms with Gasteiger partial charge in [0.2, 0.25) is 5.91 Å². The van der Waals surface area contributed by atoms with Gasteiger partial charge in [-0.1, -0.05) is 36.7 Å². The number of aliphatic hydroxyl groups is 1. The molecule has 1 saturated heterocycles. The first-order valence-electron chi connectivity index (χ1n) is 11.0. The van der Waals surface area contributed by atoms with Crippen molar-refractivity contribution in [3.63, 3.8) is 0 Å². The second kappa shape index (κ2) is 8.70. The van der Waals surface area contributed by atoms with E-state index in [-0.39, 0.29) is 24.1 Å². The fourth-order valence-corrected chi connectivity index (χ4v) is 4.78. The van der Waals surface area contributed by atoms with Crippen molar-refractivity contribution < 1.29 is 9.90 Å². The highest BCUT2D eigenvalue weighted by atomic mass is 79.9. The fraction of sp³-hybridized carbons (Fsp3) is 0.458. The Balaban J connectivity index is 1.55. The van der Waals surface area contributed by atoms with Crippen molar-refractivity contribution in [1.29, 1.82) is 0 Å². The molecular weight excluding hydrogens is 486 g/mol. The summed E-state index contributed by atoms with van der Waals surface area (Å²) in [6, 6.07) is 5.84. The van der Waals surface area contributed by atoms with Crippen molar-refractivity contribution in [2.75, 3.05) is 13.1 Å². The van der Waals surface area contributed by atoms with Crippen molar-refractivity contribution >= 4 is 32.7 Å². The van der Waals surface area contributed by atoms with Gasteiger partial charge in [-0.2, -0.15) is 5.10 Å². The number of aromatic amines is 1. The normalized spacial score (nSPS) is 15.7. The molecule has 1 aromatic carbocycles. The number of nitrogens with one attached hydrogen (secondary N) is 2. The highest BCUT2D eigenvalue weighted by Crippen LogP contribution is 2.33. The zero-order chi connectivity index (χ0) is 24.1. The molecule has 3 heterocycles. The van der Waals surface area contributed by atoms with Gasteiger partial charge in [-0.25, -0.2) is 0 Å². The number of aryl methyl sites for hydroxylation is 2. The lowest BCUT2D eigenvalue weighted by molar-refractivity contribution is -0.145. The topological polar surface area (TPSA) is 103 Å². The number of H-pyrrole nitrogens is 1. The number of rotatable bonds is 5. The first-order chi connectivity index (χ1) is 15.5. The molecule has 0 radical (unpaired) electrons. The third-order valence-corrected chi connectivity index (χ3v) is 6.57. The summed E-state index contributed by atoms with van der Waals surface area (Å²) >= 11 is 3.55. The summed E-state index contributed by atoms with van der Waals surface area (Å²) in [6.07, 6.45) is 0.767. The molecule has 1 aliphatic heterocycles. The molecule has 4 rings (SSSR count). The quantitative estimate of drug-likeness (QED) is 0.452. The number of amides is 1. The number of pyridine rings is 1. The zero-order valence-electron chi connectivity index (χ0n) is 19.6. The van der Waals surface area contributed by atoms with E-state index in [9.17, 15) is 14.7 Å². The van der Waals surface area contributed by atoms with Crippen LogP contribution < -0.4 is 10.9 Å². The van der Waals surface area contributed by atoms with Crippen molar-refractivity contribution in [2.45, 2.75) is 53.4 Å². The molecule has 0 saturated carbocycles. The minimum Gasteiger partial charge on any atom is -0.374 e. The van der Waals surface area contributed by atoms with Crippen LogP contribution in [0.5, 0.6) is 0 Å². The first kappa shape index (κ1) is 23.7. The summed E-state index contributed by atoms with van der Waals surface area (Å²) in [4.78, 5) is 29.5. The first-order valence-corrected chi connectivity index (χ1v) is 11.8. The van der Waals surface area contributed by atoms with Crippen LogP contribution in [-0.4, -0.2) is 43.8 Å². The Morgan fingerprint density at radius 1 is 1.30 bits per heavy atom. The van der Waals surface area contributed by atoms with Crippen LogP contribution in [0.1, 0.15) is 55.4 Å². The van der Waals surface area contributed by atoms with Gasteiger partial charge in [-0.3, -0.25) is 19.6 Å². The smallest absolute Gasteiger partial charge is 0.252 e. The molecule has 1 atom stereocenters. The number of hydrogen-bond donors (Lipinski definition) is 3. The molecule has 0 spiro atoms. The predicted molar refractivity (Wildman–Crippen MR) is 131 cm³/mol. The van der Waals surface area contributed by atoms with Crippen molar-refractivity contribution in [3.05, 3.63) is 61.6 Å². The maximum Gasteiger partial charge on any atom is 0.252 e. The molecule has 1 unspecified atom stereocenters. The molecule has 1 aliphatic rings. The predicted octanol–water partition coefficient (Wildman–Crippen LogP) is 3.31. The number of carbonyl (C=O) groups is 1. The van der Waals surface area contributed by atoms with Gasteiger partial charge in [-0.15, -0.1) is 0 Å². The minimum absolute atomic E-state index is 0.0924. The summed E-state index contributed by atoms with van der Waals surface area (Å²) < 4.78 is 2.75. The lowest BCUT2D eigenvalue weighted by Crippen LogP contribution is -2.54. The Hall–Kier alpha value is -2.49. The number of aromatic nitrogens is 3. The van der Waals surface area contributed by atoms with E-state index in [2.05, 4.69) is 31.3 Å². The summed E-state index contributed by atoms with van der Waals surface area (Å²) in [5, 5.41) is 19.4. The summed E-state index contributed by atoms with van der Waals surface area (Å²) in [5.41, 5.74) is 3.29. The van der Waals surface area contributed by atoms with Crippen molar-refractivity contribution in [3.8, 4) is 0 Å². The zero-order valence-corrected chi connectivity index (χ0v) is 21.2. The molecular formula is C24H30BrN5O3.